The fraction of sp³-hybridized carbons (Fsp3) is 0.115. The fourth-order valence-electron chi connectivity index (χ4n) is 3.68. The van der Waals surface area contributed by atoms with Crippen molar-refractivity contribution in [3.63, 3.8) is 0 Å². The highest BCUT2D eigenvalue weighted by Gasteiger charge is 2.18. The number of rotatable bonds is 7. The molecule has 3 N–H and O–H groups in total. The number of guanidine groups is 1. The van der Waals surface area contributed by atoms with Crippen LogP contribution in [0.1, 0.15) is 5.56 Å². The molecule has 182 valence electrons. The SMILES string of the molecule is CN(C)c1cccc2c(S(=O)(=O)Nc3ccc(CN=C(NC#N)Nc4ccncc4)cc3)cccc12. The Morgan fingerprint density at radius 1 is 0.944 bits per heavy atom. The molecule has 0 spiro atoms. The van der Waals surface area contributed by atoms with E-state index in [-0.39, 0.29) is 11.4 Å². The summed E-state index contributed by atoms with van der Waals surface area (Å²) in [6.45, 7) is 0.283. The van der Waals surface area contributed by atoms with Crippen molar-refractivity contribution < 1.29 is 8.42 Å². The first-order valence-electron chi connectivity index (χ1n) is 11.0. The molecule has 4 aromatic rings. The number of benzene rings is 3. The van der Waals surface area contributed by atoms with E-state index in [9.17, 15) is 8.42 Å². The van der Waals surface area contributed by atoms with Crippen molar-refractivity contribution in [3.05, 3.63) is 90.8 Å². The Morgan fingerprint density at radius 2 is 1.64 bits per heavy atom. The lowest BCUT2D eigenvalue weighted by molar-refractivity contribution is 0.602. The second kappa shape index (κ2) is 10.8. The third kappa shape index (κ3) is 5.71. The van der Waals surface area contributed by atoms with Gasteiger partial charge in [-0.2, -0.15) is 5.26 Å². The maximum Gasteiger partial charge on any atom is 0.262 e. The maximum absolute atomic E-state index is 13.2. The van der Waals surface area contributed by atoms with Crippen LogP contribution in [0.25, 0.3) is 10.8 Å². The number of fused-ring (bicyclic) bond motifs is 1. The number of nitriles is 1. The first-order valence-corrected chi connectivity index (χ1v) is 12.5. The van der Waals surface area contributed by atoms with Crippen LogP contribution in [0, 0.1) is 11.5 Å². The number of pyridine rings is 1. The van der Waals surface area contributed by atoms with Crippen molar-refractivity contribution in [2.75, 3.05) is 29.0 Å². The summed E-state index contributed by atoms with van der Waals surface area (Å²) in [5, 5.41) is 16.0. The van der Waals surface area contributed by atoms with Gasteiger partial charge in [-0.05, 0) is 42.0 Å². The van der Waals surface area contributed by atoms with Gasteiger partial charge in [0.1, 0.15) is 0 Å². The Bertz CT molecular complexity index is 1530. The van der Waals surface area contributed by atoms with Crippen LogP contribution < -0.4 is 20.3 Å². The van der Waals surface area contributed by atoms with Gasteiger partial charge in [-0.1, -0.05) is 36.4 Å². The standard InChI is InChI=1S/C26H25N7O2S/c1-33(2)24-7-3-6-23-22(24)5-4-8-25(23)36(34,35)32-21-11-9-19(10-12-21)17-29-26(30-18-27)31-20-13-15-28-16-14-20/h3-16,32H,17H2,1-2H3,(H2,28,29,30,31). The number of sulfonamides is 1. The molecule has 4 rings (SSSR count). The summed E-state index contributed by atoms with van der Waals surface area (Å²) in [7, 11) is 0.0298. The molecule has 1 aromatic heterocycles. The molecule has 0 unspecified atom stereocenters. The smallest absolute Gasteiger partial charge is 0.262 e. The molecular formula is C26H25N7O2S. The predicted octanol–water partition coefficient (Wildman–Crippen LogP) is 4.14. The molecule has 0 saturated carbocycles. The van der Waals surface area contributed by atoms with Crippen molar-refractivity contribution in [3.8, 4) is 6.19 Å². The van der Waals surface area contributed by atoms with Gasteiger partial charge in [-0.3, -0.25) is 15.0 Å². The van der Waals surface area contributed by atoms with Crippen LogP contribution in [-0.2, 0) is 16.6 Å². The van der Waals surface area contributed by atoms with E-state index >= 15 is 0 Å². The number of aromatic nitrogens is 1. The monoisotopic (exact) mass is 499 g/mol. The summed E-state index contributed by atoms with van der Waals surface area (Å²) < 4.78 is 29.2. The van der Waals surface area contributed by atoms with Crippen LogP contribution in [0.2, 0.25) is 0 Å². The molecule has 36 heavy (non-hydrogen) atoms. The van der Waals surface area contributed by atoms with Crippen LogP contribution in [0.4, 0.5) is 17.1 Å². The lowest BCUT2D eigenvalue weighted by Crippen LogP contribution is -2.26. The number of nitrogens with zero attached hydrogens (tertiary/aromatic N) is 4. The molecule has 0 amide bonds. The molecule has 0 bridgehead atoms. The van der Waals surface area contributed by atoms with Gasteiger partial charge in [0.15, 0.2) is 6.19 Å². The van der Waals surface area contributed by atoms with E-state index in [0.717, 1.165) is 22.3 Å². The van der Waals surface area contributed by atoms with Crippen LogP contribution in [0.5, 0.6) is 0 Å². The Balaban J connectivity index is 1.51. The average Bonchev–Trinajstić information content (AvgIpc) is 2.88. The van der Waals surface area contributed by atoms with E-state index < -0.39 is 10.0 Å². The zero-order chi connectivity index (χ0) is 25.5. The zero-order valence-corrected chi connectivity index (χ0v) is 20.6. The lowest BCUT2D eigenvalue weighted by atomic mass is 10.1. The minimum Gasteiger partial charge on any atom is -0.377 e. The normalized spacial score (nSPS) is 11.5. The molecule has 0 aliphatic heterocycles. The van der Waals surface area contributed by atoms with E-state index in [4.69, 9.17) is 5.26 Å². The van der Waals surface area contributed by atoms with Gasteiger partial charge in [-0.25, -0.2) is 13.4 Å². The Hall–Kier alpha value is -4.62. The number of nitrogens with one attached hydrogen (secondary N) is 3. The average molecular weight is 500 g/mol. The Labute approximate surface area is 210 Å². The zero-order valence-electron chi connectivity index (χ0n) is 19.8. The molecule has 9 nitrogen and oxygen atoms in total. The second-order valence-electron chi connectivity index (χ2n) is 8.09. The van der Waals surface area contributed by atoms with Gasteiger partial charge in [-0.15, -0.1) is 0 Å². The van der Waals surface area contributed by atoms with E-state index in [0.29, 0.717) is 17.0 Å². The van der Waals surface area contributed by atoms with E-state index in [1.54, 1.807) is 60.9 Å². The van der Waals surface area contributed by atoms with E-state index in [2.05, 4.69) is 25.3 Å². The van der Waals surface area contributed by atoms with Crippen LogP contribution in [-0.4, -0.2) is 33.5 Å². The highest BCUT2D eigenvalue weighted by molar-refractivity contribution is 7.93. The Kier molecular flexibility index (Phi) is 7.32. The highest BCUT2D eigenvalue weighted by atomic mass is 32.2. The van der Waals surface area contributed by atoms with Crippen molar-refractivity contribution in [2.24, 2.45) is 4.99 Å². The summed E-state index contributed by atoms with van der Waals surface area (Å²) in [6, 6.07) is 21.3. The number of hydrogen-bond donors (Lipinski definition) is 3. The number of hydrogen-bond acceptors (Lipinski definition) is 6. The highest BCUT2D eigenvalue weighted by Crippen LogP contribution is 2.31. The molecule has 0 aliphatic rings. The van der Waals surface area contributed by atoms with E-state index in [1.807, 2.05) is 49.5 Å². The molecule has 0 atom stereocenters. The molecule has 10 heteroatoms. The Morgan fingerprint density at radius 3 is 2.33 bits per heavy atom. The van der Waals surface area contributed by atoms with Gasteiger partial charge in [0.2, 0.25) is 5.96 Å². The van der Waals surface area contributed by atoms with Gasteiger partial charge >= 0.3 is 0 Å². The lowest BCUT2D eigenvalue weighted by Gasteiger charge is -2.17. The molecule has 3 aromatic carbocycles. The predicted molar refractivity (Wildman–Crippen MR) is 143 cm³/mol. The summed E-state index contributed by atoms with van der Waals surface area (Å²) in [4.78, 5) is 10.5. The minimum absolute atomic E-state index is 0.215. The van der Waals surface area contributed by atoms with Crippen molar-refractivity contribution in [1.82, 2.24) is 10.3 Å². The first kappa shape index (κ1) is 24.5. The first-order chi connectivity index (χ1) is 17.4. The molecule has 0 saturated heterocycles. The molecule has 0 aliphatic carbocycles. The van der Waals surface area contributed by atoms with Gasteiger partial charge < -0.3 is 10.2 Å². The largest absolute Gasteiger partial charge is 0.377 e. The van der Waals surface area contributed by atoms with Gasteiger partial charge in [0.25, 0.3) is 10.0 Å². The van der Waals surface area contributed by atoms with Crippen molar-refractivity contribution >= 4 is 43.8 Å². The van der Waals surface area contributed by atoms with Crippen molar-refractivity contribution in [2.45, 2.75) is 11.4 Å². The van der Waals surface area contributed by atoms with E-state index in [1.165, 1.54) is 0 Å². The number of aliphatic imine (C=N–C) groups is 1. The van der Waals surface area contributed by atoms with Crippen LogP contribution >= 0.6 is 0 Å². The maximum atomic E-state index is 13.2. The van der Waals surface area contributed by atoms with Crippen LogP contribution in [0.15, 0.2) is 95.1 Å². The van der Waals surface area contributed by atoms with Gasteiger partial charge in [0, 0.05) is 54.3 Å². The van der Waals surface area contributed by atoms with Crippen LogP contribution in [0.3, 0.4) is 0 Å². The molecule has 0 fully saturated rings. The fourth-order valence-corrected chi connectivity index (χ4v) is 4.96. The summed E-state index contributed by atoms with van der Waals surface area (Å²) in [6.07, 6.45) is 5.12. The minimum atomic E-state index is -3.82. The summed E-state index contributed by atoms with van der Waals surface area (Å²) >= 11 is 0. The number of anilines is 3. The summed E-state index contributed by atoms with van der Waals surface area (Å²) in [5.41, 5.74) is 2.96. The third-order valence-electron chi connectivity index (χ3n) is 5.37. The molecule has 0 radical (unpaired) electrons. The van der Waals surface area contributed by atoms with Crippen molar-refractivity contribution in [1.29, 1.82) is 5.26 Å². The van der Waals surface area contributed by atoms with Gasteiger partial charge in [0.05, 0.1) is 11.4 Å². The topological polar surface area (TPSA) is 123 Å². The summed E-state index contributed by atoms with van der Waals surface area (Å²) in [5.74, 6) is 0.293. The molecular weight excluding hydrogens is 474 g/mol. The molecule has 1 heterocycles. The second-order valence-corrected chi connectivity index (χ2v) is 9.74. The quantitative estimate of drug-likeness (QED) is 0.151. The third-order valence-corrected chi connectivity index (χ3v) is 6.81.